The van der Waals surface area contributed by atoms with Crippen LogP contribution in [0.15, 0.2) is 48.7 Å². The average Bonchev–Trinajstić information content (AvgIpc) is 3.00. The predicted molar refractivity (Wildman–Crippen MR) is 114 cm³/mol. The minimum Gasteiger partial charge on any atom is -0.493 e. The third-order valence-electron chi connectivity index (χ3n) is 5.21. The zero-order valence-electron chi connectivity index (χ0n) is 15.9. The molecule has 0 aliphatic carbocycles. The van der Waals surface area contributed by atoms with Crippen LogP contribution in [0.2, 0.25) is 5.02 Å². The molecule has 2 aromatic carbocycles. The second-order valence-electron chi connectivity index (χ2n) is 7.45. The predicted octanol–water partition coefficient (Wildman–Crippen LogP) is 4.47. The molecule has 2 heterocycles. The normalized spacial score (nSPS) is 20.7. The van der Waals surface area contributed by atoms with Crippen molar-refractivity contribution in [2.75, 3.05) is 37.4 Å². The topological polar surface area (TPSA) is 53.6 Å². The van der Waals surface area contributed by atoms with Crippen LogP contribution in [0.1, 0.15) is 18.4 Å². The largest absolute Gasteiger partial charge is 0.493 e. The number of hydrogen-bond donors (Lipinski definition) is 2. The van der Waals surface area contributed by atoms with Crippen molar-refractivity contribution in [3.05, 3.63) is 59.3 Å². The van der Waals surface area contributed by atoms with Gasteiger partial charge < -0.3 is 20.3 Å². The molecular formula is C22H24ClN3O2. The van der Waals surface area contributed by atoms with E-state index in [0.717, 1.165) is 35.8 Å². The molecule has 1 unspecified atom stereocenters. The SMILES string of the molecule is CN1CCCC(COc2ccc(N/C=C3\C(=O)Nc4ccc(Cl)cc43)cc2)C1. The molecule has 146 valence electrons. The van der Waals surface area contributed by atoms with Gasteiger partial charge in [-0.15, -0.1) is 0 Å². The fourth-order valence-corrected chi connectivity index (χ4v) is 3.90. The van der Waals surface area contributed by atoms with Crippen LogP contribution < -0.4 is 15.4 Å². The Morgan fingerprint density at radius 1 is 1.29 bits per heavy atom. The molecule has 2 aliphatic heterocycles. The lowest BCUT2D eigenvalue weighted by molar-refractivity contribution is -0.110. The first-order valence-electron chi connectivity index (χ1n) is 9.58. The molecule has 1 fully saturated rings. The lowest BCUT2D eigenvalue weighted by Crippen LogP contribution is -2.34. The molecule has 4 rings (SSSR count). The summed E-state index contributed by atoms with van der Waals surface area (Å²) >= 11 is 6.06. The van der Waals surface area contributed by atoms with Gasteiger partial charge in [-0.05, 0) is 68.9 Å². The number of carbonyl (C=O) groups is 1. The van der Waals surface area contributed by atoms with Crippen molar-refractivity contribution in [1.29, 1.82) is 0 Å². The highest BCUT2D eigenvalue weighted by molar-refractivity contribution is 6.34. The highest BCUT2D eigenvalue weighted by Gasteiger charge is 2.24. The van der Waals surface area contributed by atoms with Crippen LogP contribution in [0.3, 0.4) is 0 Å². The summed E-state index contributed by atoms with van der Waals surface area (Å²) in [6.45, 7) is 3.03. The molecule has 1 amide bonds. The molecule has 28 heavy (non-hydrogen) atoms. The summed E-state index contributed by atoms with van der Waals surface area (Å²) in [7, 11) is 2.16. The van der Waals surface area contributed by atoms with Gasteiger partial charge in [-0.2, -0.15) is 0 Å². The zero-order valence-corrected chi connectivity index (χ0v) is 16.6. The average molecular weight is 398 g/mol. The quantitative estimate of drug-likeness (QED) is 0.731. The number of nitrogens with zero attached hydrogens (tertiary/aromatic N) is 1. The summed E-state index contributed by atoms with van der Waals surface area (Å²) in [4.78, 5) is 14.6. The smallest absolute Gasteiger partial charge is 0.257 e. The number of fused-ring (bicyclic) bond motifs is 1. The monoisotopic (exact) mass is 397 g/mol. The van der Waals surface area contributed by atoms with Crippen molar-refractivity contribution in [1.82, 2.24) is 4.90 Å². The van der Waals surface area contributed by atoms with Crippen LogP contribution in [0.5, 0.6) is 5.75 Å². The van der Waals surface area contributed by atoms with Gasteiger partial charge in [0.15, 0.2) is 0 Å². The van der Waals surface area contributed by atoms with Gasteiger partial charge in [0, 0.05) is 40.6 Å². The van der Waals surface area contributed by atoms with Gasteiger partial charge in [-0.3, -0.25) is 4.79 Å². The van der Waals surface area contributed by atoms with Gasteiger partial charge in [0.05, 0.1) is 12.2 Å². The first-order chi connectivity index (χ1) is 13.6. The summed E-state index contributed by atoms with van der Waals surface area (Å²) in [5.74, 6) is 1.32. The lowest BCUT2D eigenvalue weighted by Gasteiger charge is -2.29. The molecule has 2 aromatic rings. The number of halogens is 1. The van der Waals surface area contributed by atoms with E-state index in [1.165, 1.54) is 19.4 Å². The van der Waals surface area contributed by atoms with Gasteiger partial charge in [-0.1, -0.05) is 11.6 Å². The standard InChI is InChI=1S/C22H24ClN3O2/c1-26-10-2-3-15(13-26)14-28-18-7-5-17(6-8-18)24-12-20-19-11-16(23)4-9-21(19)25-22(20)27/h4-9,11-12,15,24H,2-3,10,13-14H2,1H3,(H,25,27)/b20-12-. The molecular weight excluding hydrogens is 374 g/mol. The fourth-order valence-electron chi connectivity index (χ4n) is 3.73. The number of nitrogens with one attached hydrogen (secondary N) is 2. The molecule has 0 bridgehead atoms. The van der Waals surface area contributed by atoms with Crippen LogP contribution in [0.25, 0.3) is 5.57 Å². The fraction of sp³-hybridized carbons (Fsp3) is 0.318. The zero-order chi connectivity index (χ0) is 19.5. The first kappa shape index (κ1) is 18.8. The van der Waals surface area contributed by atoms with Crippen LogP contribution in [-0.4, -0.2) is 37.6 Å². The van der Waals surface area contributed by atoms with Gasteiger partial charge in [0.1, 0.15) is 5.75 Å². The Hall–Kier alpha value is -2.50. The second kappa shape index (κ2) is 8.25. The summed E-state index contributed by atoms with van der Waals surface area (Å²) < 4.78 is 5.95. The Kier molecular flexibility index (Phi) is 5.55. The van der Waals surface area contributed by atoms with E-state index >= 15 is 0 Å². The summed E-state index contributed by atoms with van der Waals surface area (Å²) in [6, 6.07) is 13.2. The number of piperidine rings is 1. The molecule has 2 aliphatic rings. The van der Waals surface area contributed by atoms with E-state index in [2.05, 4.69) is 22.6 Å². The number of rotatable bonds is 5. The maximum atomic E-state index is 12.2. The van der Waals surface area contributed by atoms with Crippen molar-refractivity contribution in [3.8, 4) is 5.75 Å². The Balaban J connectivity index is 1.37. The third kappa shape index (κ3) is 4.32. The van der Waals surface area contributed by atoms with E-state index in [0.29, 0.717) is 16.5 Å². The van der Waals surface area contributed by atoms with Crippen molar-refractivity contribution < 1.29 is 9.53 Å². The Labute approximate surface area is 170 Å². The molecule has 0 radical (unpaired) electrons. The molecule has 0 aromatic heterocycles. The van der Waals surface area contributed by atoms with Gasteiger partial charge >= 0.3 is 0 Å². The third-order valence-corrected chi connectivity index (χ3v) is 5.44. The van der Waals surface area contributed by atoms with E-state index in [1.54, 1.807) is 18.3 Å². The molecule has 0 spiro atoms. The van der Waals surface area contributed by atoms with Crippen molar-refractivity contribution >= 4 is 34.5 Å². The van der Waals surface area contributed by atoms with E-state index in [9.17, 15) is 4.79 Å². The molecule has 0 saturated carbocycles. The van der Waals surface area contributed by atoms with Gasteiger partial charge in [-0.25, -0.2) is 0 Å². The van der Waals surface area contributed by atoms with Crippen LogP contribution in [0, 0.1) is 5.92 Å². The van der Waals surface area contributed by atoms with Crippen molar-refractivity contribution in [3.63, 3.8) is 0 Å². The van der Waals surface area contributed by atoms with Crippen molar-refractivity contribution in [2.45, 2.75) is 12.8 Å². The summed E-state index contributed by atoms with van der Waals surface area (Å²) in [5.41, 5.74) is 3.04. The van der Waals surface area contributed by atoms with E-state index in [4.69, 9.17) is 16.3 Å². The Bertz CT molecular complexity index is 895. The Morgan fingerprint density at radius 3 is 2.89 bits per heavy atom. The Morgan fingerprint density at radius 2 is 2.11 bits per heavy atom. The van der Waals surface area contributed by atoms with Crippen LogP contribution in [0.4, 0.5) is 11.4 Å². The van der Waals surface area contributed by atoms with Gasteiger partial charge in [0.2, 0.25) is 0 Å². The van der Waals surface area contributed by atoms with E-state index < -0.39 is 0 Å². The maximum Gasteiger partial charge on any atom is 0.257 e. The molecule has 6 heteroatoms. The maximum absolute atomic E-state index is 12.2. The molecule has 1 saturated heterocycles. The molecule has 2 N–H and O–H groups in total. The number of amides is 1. The highest BCUT2D eigenvalue weighted by Crippen LogP contribution is 2.33. The van der Waals surface area contributed by atoms with Crippen molar-refractivity contribution in [2.24, 2.45) is 5.92 Å². The minimum absolute atomic E-state index is 0.137. The second-order valence-corrected chi connectivity index (χ2v) is 7.89. The number of hydrogen-bond acceptors (Lipinski definition) is 4. The highest BCUT2D eigenvalue weighted by atomic mass is 35.5. The van der Waals surface area contributed by atoms with Gasteiger partial charge in [0.25, 0.3) is 5.91 Å². The first-order valence-corrected chi connectivity index (χ1v) is 9.96. The van der Waals surface area contributed by atoms with Crippen LogP contribution in [-0.2, 0) is 4.79 Å². The molecule has 1 atom stereocenters. The number of anilines is 2. The van der Waals surface area contributed by atoms with Crippen LogP contribution >= 0.6 is 11.6 Å². The summed E-state index contributed by atoms with van der Waals surface area (Å²) in [5, 5.41) is 6.63. The number of likely N-dealkylation sites (tertiary alicyclic amines) is 1. The van der Waals surface area contributed by atoms with E-state index in [-0.39, 0.29) is 5.91 Å². The minimum atomic E-state index is -0.137. The lowest BCUT2D eigenvalue weighted by atomic mass is 10.00. The number of ether oxygens (including phenoxy) is 1. The molecule has 5 nitrogen and oxygen atoms in total. The number of benzene rings is 2. The van der Waals surface area contributed by atoms with E-state index in [1.807, 2.05) is 30.3 Å². The summed E-state index contributed by atoms with van der Waals surface area (Å²) in [6.07, 6.45) is 4.18. The number of carbonyl (C=O) groups excluding carboxylic acids is 1.